The van der Waals surface area contributed by atoms with Crippen LogP contribution in [0.1, 0.15) is 335 Å². The summed E-state index contributed by atoms with van der Waals surface area (Å²) in [6.07, 6.45) is 55.9. The van der Waals surface area contributed by atoms with Gasteiger partial charge >= 0.3 is 0 Å². The Labute approximate surface area is 474 Å². The lowest BCUT2D eigenvalue weighted by molar-refractivity contribution is -0.303. The summed E-state index contributed by atoms with van der Waals surface area (Å²) in [5.74, 6) is -0.691. The molecule has 1 aliphatic heterocycles. The fourth-order valence-corrected chi connectivity index (χ4v) is 11.1. The molecule has 1 aliphatic rings. The first kappa shape index (κ1) is 73.9. The molecule has 0 spiro atoms. The quantitative estimate of drug-likeness (QED) is 0.0215. The van der Waals surface area contributed by atoms with E-state index in [-0.39, 0.29) is 6.42 Å². The van der Waals surface area contributed by atoms with Gasteiger partial charge in [-0.15, -0.1) is 0 Å². The average molecular weight is 1100 g/mol. The van der Waals surface area contributed by atoms with Crippen molar-refractivity contribution in [1.29, 1.82) is 0 Å². The van der Waals surface area contributed by atoms with E-state index in [0.717, 1.165) is 38.5 Å². The van der Waals surface area contributed by atoms with Gasteiger partial charge in [0, 0.05) is 0 Å². The number of ether oxygens (including phenoxy) is 2. The van der Waals surface area contributed by atoms with E-state index >= 15 is 0 Å². The second-order valence-corrected chi connectivity index (χ2v) is 23.9. The molecule has 0 aromatic carbocycles. The third-order valence-electron chi connectivity index (χ3n) is 16.6. The highest BCUT2D eigenvalue weighted by Crippen LogP contribution is 2.24. The monoisotopic (exact) mass is 1100 g/mol. The summed E-state index contributed by atoms with van der Waals surface area (Å²) in [4.78, 5) is 13.2. The number of rotatable bonds is 59. The van der Waals surface area contributed by atoms with Crippen LogP contribution in [0.2, 0.25) is 0 Å². The third kappa shape index (κ3) is 43.2. The maximum Gasteiger partial charge on any atom is 0.249 e. The first-order valence-corrected chi connectivity index (χ1v) is 33.6. The van der Waals surface area contributed by atoms with Crippen molar-refractivity contribution in [2.24, 2.45) is 0 Å². The molecule has 1 amide bonds. The number of hydrogen-bond acceptors (Lipinski definition) is 10. The molecule has 1 heterocycles. The van der Waals surface area contributed by atoms with Gasteiger partial charge < -0.3 is 50.5 Å². The molecular formula is C66H129NO10. The number of aliphatic hydroxyl groups excluding tert-OH is 7. The van der Waals surface area contributed by atoms with E-state index in [2.05, 4.69) is 31.3 Å². The molecule has 0 aromatic heterocycles. The van der Waals surface area contributed by atoms with Crippen LogP contribution in [-0.4, -0.2) is 110 Å². The molecule has 11 nitrogen and oxygen atoms in total. The number of hydrogen-bond donors (Lipinski definition) is 8. The van der Waals surface area contributed by atoms with Crippen molar-refractivity contribution in [3.8, 4) is 0 Å². The highest BCUT2D eigenvalue weighted by Gasteiger charge is 2.44. The molecule has 9 atom stereocenters. The summed E-state index contributed by atoms with van der Waals surface area (Å²) in [5.41, 5.74) is 0. The van der Waals surface area contributed by atoms with Crippen molar-refractivity contribution in [2.45, 2.75) is 390 Å². The highest BCUT2D eigenvalue weighted by molar-refractivity contribution is 5.80. The SMILES string of the molecule is CCCCCCCCCCCCCCCCCC/C=C\CCCCCCCCCCCCCCCCCCC(O)C(=O)NC(COC1OC(CO)C(O)C(O)C1O)C(O)C(O)CCCCCCCCCCCCCCCC. The van der Waals surface area contributed by atoms with Crippen LogP contribution in [0.25, 0.3) is 0 Å². The summed E-state index contributed by atoms with van der Waals surface area (Å²) in [6.45, 7) is 3.49. The van der Waals surface area contributed by atoms with Crippen molar-refractivity contribution in [2.75, 3.05) is 13.2 Å². The van der Waals surface area contributed by atoms with Gasteiger partial charge in [-0.25, -0.2) is 0 Å². The summed E-state index contributed by atoms with van der Waals surface area (Å²) >= 11 is 0. The predicted molar refractivity (Wildman–Crippen MR) is 321 cm³/mol. The Bertz CT molecular complexity index is 1260. The Balaban J connectivity index is 2.12. The summed E-state index contributed by atoms with van der Waals surface area (Å²) in [7, 11) is 0. The van der Waals surface area contributed by atoms with Crippen LogP contribution in [0.3, 0.4) is 0 Å². The van der Waals surface area contributed by atoms with Gasteiger partial charge in [-0.05, 0) is 38.5 Å². The van der Waals surface area contributed by atoms with Crippen LogP contribution < -0.4 is 5.32 Å². The van der Waals surface area contributed by atoms with Crippen LogP contribution in [0, 0.1) is 0 Å². The molecule has 0 aromatic rings. The molecule has 9 unspecified atom stereocenters. The smallest absolute Gasteiger partial charge is 0.249 e. The van der Waals surface area contributed by atoms with Gasteiger partial charge in [0.05, 0.1) is 25.4 Å². The van der Waals surface area contributed by atoms with Crippen LogP contribution in [0.5, 0.6) is 0 Å². The normalized spacial score (nSPS) is 19.5. The van der Waals surface area contributed by atoms with Gasteiger partial charge in [0.1, 0.15) is 36.6 Å². The van der Waals surface area contributed by atoms with Crippen molar-refractivity contribution < 1.29 is 50.0 Å². The topological polar surface area (TPSA) is 189 Å². The fourth-order valence-electron chi connectivity index (χ4n) is 11.1. The average Bonchev–Trinajstić information content (AvgIpc) is 3.43. The summed E-state index contributed by atoms with van der Waals surface area (Å²) < 4.78 is 11.2. The molecule has 0 aliphatic carbocycles. The van der Waals surface area contributed by atoms with E-state index in [0.29, 0.717) is 19.3 Å². The van der Waals surface area contributed by atoms with Crippen molar-refractivity contribution >= 4 is 5.91 Å². The van der Waals surface area contributed by atoms with Crippen LogP contribution >= 0.6 is 0 Å². The van der Waals surface area contributed by atoms with Gasteiger partial charge in [-0.3, -0.25) is 4.79 Å². The zero-order chi connectivity index (χ0) is 56.1. The third-order valence-corrected chi connectivity index (χ3v) is 16.6. The van der Waals surface area contributed by atoms with Crippen molar-refractivity contribution in [3.63, 3.8) is 0 Å². The molecular weight excluding hydrogens is 967 g/mol. The van der Waals surface area contributed by atoms with Crippen molar-refractivity contribution in [3.05, 3.63) is 12.2 Å². The number of carbonyl (C=O) groups excluding carboxylic acids is 1. The van der Waals surface area contributed by atoms with E-state index in [9.17, 15) is 40.5 Å². The molecule has 1 rings (SSSR count). The minimum Gasteiger partial charge on any atom is -0.394 e. The molecule has 0 saturated carbocycles. The lowest BCUT2D eigenvalue weighted by Gasteiger charge is -2.40. The minimum atomic E-state index is -1.66. The maximum absolute atomic E-state index is 13.2. The predicted octanol–water partition coefficient (Wildman–Crippen LogP) is 15.5. The molecule has 11 heteroatoms. The first-order chi connectivity index (χ1) is 37.7. The largest absolute Gasteiger partial charge is 0.394 e. The highest BCUT2D eigenvalue weighted by atomic mass is 16.7. The number of nitrogens with one attached hydrogen (secondary N) is 1. The molecule has 458 valence electrons. The molecule has 1 fully saturated rings. The van der Waals surface area contributed by atoms with Gasteiger partial charge in [-0.2, -0.15) is 0 Å². The second-order valence-electron chi connectivity index (χ2n) is 23.9. The summed E-state index contributed by atoms with van der Waals surface area (Å²) in [5, 5.41) is 76.2. The first-order valence-electron chi connectivity index (χ1n) is 33.6. The zero-order valence-electron chi connectivity index (χ0n) is 50.5. The molecule has 77 heavy (non-hydrogen) atoms. The van der Waals surface area contributed by atoms with E-state index in [4.69, 9.17) is 9.47 Å². The lowest BCUT2D eigenvalue weighted by atomic mass is 9.98. The molecule has 8 N–H and O–H groups in total. The Hall–Kier alpha value is -1.15. The van der Waals surface area contributed by atoms with E-state index < -0.39 is 74.2 Å². The van der Waals surface area contributed by atoms with Gasteiger partial charge in [-0.1, -0.05) is 309 Å². The van der Waals surface area contributed by atoms with E-state index in [1.54, 1.807) is 0 Å². The Kier molecular flexibility index (Phi) is 53.1. The molecule has 1 saturated heterocycles. The van der Waals surface area contributed by atoms with Crippen molar-refractivity contribution in [1.82, 2.24) is 5.32 Å². The zero-order valence-corrected chi connectivity index (χ0v) is 50.5. The Morgan fingerprint density at radius 3 is 1.09 bits per heavy atom. The maximum atomic E-state index is 13.2. The Morgan fingerprint density at radius 1 is 0.442 bits per heavy atom. The fraction of sp³-hybridized carbons (Fsp3) is 0.955. The minimum absolute atomic E-state index is 0.265. The number of carbonyl (C=O) groups is 1. The standard InChI is InChI=1S/C66H129NO10/c1-3-5-7-9-11-13-15-17-19-20-21-22-23-24-25-26-27-28-29-30-31-32-33-34-35-36-37-38-39-40-42-44-46-48-50-52-54-59(70)65(75)67-57(56-76-66-64(74)63(73)62(72)60(55-68)77-66)61(71)58(69)53-51-49-47-45-43-41-18-16-14-12-10-8-6-4-2/h28-29,57-64,66,68-74H,3-27,30-56H2,1-2H3,(H,67,75)/b29-28-. The number of aliphatic hydroxyl groups is 7. The lowest BCUT2D eigenvalue weighted by Crippen LogP contribution is -2.60. The molecule has 0 radical (unpaired) electrons. The van der Waals surface area contributed by atoms with E-state index in [1.165, 1.54) is 257 Å². The van der Waals surface area contributed by atoms with Gasteiger partial charge in [0.15, 0.2) is 6.29 Å². The van der Waals surface area contributed by atoms with Gasteiger partial charge in [0.2, 0.25) is 5.91 Å². The van der Waals surface area contributed by atoms with Gasteiger partial charge in [0.25, 0.3) is 0 Å². The van der Waals surface area contributed by atoms with Crippen LogP contribution in [0.4, 0.5) is 0 Å². The number of amides is 1. The number of unbranched alkanes of at least 4 members (excludes halogenated alkanes) is 45. The Morgan fingerprint density at radius 2 is 0.753 bits per heavy atom. The number of allylic oxidation sites excluding steroid dienone is 2. The van der Waals surface area contributed by atoms with Crippen LogP contribution in [-0.2, 0) is 14.3 Å². The van der Waals surface area contributed by atoms with Crippen LogP contribution in [0.15, 0.2) is 12.2 Å². The molecule has 0 bridgehead atoms. The summed E-state index contributed by atoms with van der Waals surface area (Å²) in [6, 6.07) is -1.16. The second kappa shape index (κ2) is 55.4. The van der Waals surface area contributed by atoms with E-state index in [1.807, 2.05) is 0 Å².